The Labute approximate surface area is 100 Å². The molecule has 0 aliphatic heterocycles. The first-order valence-corrected chi connectivity index (χ1v) is 5.22. The van der Waals surface area contributed by atoms with Crippen LogP contribution in [0.5, 0.6) is 0 Å². The Morgan fingerprint density at radius 3 is 2.18 bits per heavy atom. The van der Waals surface area contributed by atoms with Gasteiger partial charge >= 0.3 is 11.9 Å². The third kappa shape index (κ3) is 5.30. The second-order valence-electron chi connectivity index (χ2n) is 4.51. The summed E-state index contributed by atoms with van der Waals surface area (Å²) < 4.78 is 4.43. The van der Waals surface area contributed by atoms with Gasteiger partial charge in [0, 0.05) is 0 Å². The molecule has 0 aromatic rings. The smallest absolute Gasteiger partial charge is 0.398 e. The van der Waals surface area contributed by atoms with Gasteiger partial charge in [-0.05, 0) is 12.3 Å². The zero-order valence-electron chi connectivity index (χ0n) is 10.5. The van der Waals surface area contributed by atoms with E-state index in [9.17, 15) is 14.4 Å². The van der Waals surface area contributed by atoms with Gasteiger partial charge in [0.25, 0.3) is 5.91 Å². The summed E-state index contributed by atoms with van der Waals surface area (Å²) in [4.78, 5) is 33.4. The Hall–Kier alpha value is -1.63. The maximum absolute atomic E-state index is 11.5. The molecule has 4 N–H and O–H groups in total. The van der Waals surface area contributed by atoms with Crippen molar-refractivity contribution >= 4 is 17.8 Å². The molecule has 0 spiro atoms. The Morgan fingerprint density at radius 2 is 1.76 bits per heavy atom. The van der Waals surface area contributed by atoms with E-state index >= 15 is 0 Å². The van der Waals surface area contributed by atoms with Crippen molar-refractivity contribution in [2.45, 2.75) is 33.7 Å². The van der Waals surface area contributed by atoms with E-state index in [1.807, 2.05) is 5.43 Å². The van der Waals surface area contributed by atoms with E-state index in [0.29, 0.717) is 0 Å². The maximum atomic E-state index is 11.5. The van der Waals surface area contributed by atoms with Gasteiger partial charge in [0.05, 0.1) is 12.6 Å². The zero-order valence-corrected chi connectivity index (χ0v) is 10.5. The van der Waals surface area contributed by atoms with E-state index in [4.69, 9.17) is 5.73 Å². The number of nitrogens with two attached hydrogens (primary N) is 1. The summed E-state index contributed by atoms with van der Waals surface area (Å²) in [7, 11) is 0. The number of carbonyl (C=O) groups is 3. The fourth-order valence-electron chi connectivity index (χ4n) is 0.837. The molecule has 0 radical (unpaired) electrons. The van der Waals surface area contributed by atoms with Gasteiger partial charge in [0.15, 0.2) is 0 Å². The summed E-state index contributed by atoms with van der Waals surface area (Å²) >= 11 is 0. The van der Waals surface area contributed by atoms with Gasteiger partial charge < -0.3 is 10.5 Å². The number of hydrazine groups is 1. The Bertz CT molecular complexity index is 309. The minimum absolute atomic E-state index is 0.0850. The van der Waals surface area contributed by atoms with Crippen LogP contribution in [0.15, 0.2) is 0 Å². The van der Waals surface area contributed by atoms with Crippen molar-refractivity contribution in [2.24, 2.45) is 11.1 Å². The summed E-state index contributed by atoms with van der Waals surface area (Å²) in [6.45, 7) is 7.00. The highest BCUT2D eigenvalue weighted by atomic mass is 16.5. The number of amides is 2. The predicted octanol–water partition coefficient (Wildman–Crippen LogP) is -0.930. The molecule has 7 heteroatoms. The lowest BCUT2D eigenvalue weighted by molar-refractivity contribution is -0.155. The average Bonchev–Trinajstić information content (AvgIpc) is 2.23. The van der Waals surface area contributed by atoms with Crippen LogP contribution in [-0.2, 0) is 19.1 Å². The molecule has 1 atom stereocenters. The number of rotatable bonds is 2. The van der Waals surface area contributed by atoms with Crippen molar-refractivity contribution < 1.29 is 19.1 Å². The van der Waals surface area contributed by atoms with Gasteiger partial charge in [0.2, 0.25) is 0 Å². The first-order chi connectivity index (χ1) is 7.70. The molecule has 98 valence electrons. The van der Waals surface area contributed by atoms with Crippen LogP contribution in [0.4, 0.5) is 0 Å². The van der Waals surface area contributed by atoms with Gasteiger partial charge in [-0.2, -0.15) is 0 Å². The first kappa shape index (κ1) is 15.4. The molecule has 0 aromatic heterocycles. The normalized spacial score (nSPS) is 12.5. The maximum Gasteiger partial charge on any atom is 0.398 e. The summed E-state index contributed by atoms with van der Waals surface area (Å²) in [5, 5.41) is 0. The SMILES string of the molecule is CCOC(=O)C(=O)NNC(=O)C(N)C(C)(C)C. The van der Waals surface area contributed by atoms with E-state index in [2.05, 4.69) is 10.2 Å². The molecule has 0 aromatic carbocycles. The van der Waals surface area contributed by atoms with Crippen molar-refractivity contribution in [3.05, 3.63) is 0 Å². The van der Waals surface area contributed by atoms with Gasteiger partial charge in [-0.1, -0.05) is 20.8 Å². The second kappa shape index (κ2) is 6.19. The summed E-state index contributed by atoms with van der Waals surface area (Å²) in [6, 6.07) is -0.801. The number of hydrogen-bond acceptors (Lipinski definition) is 5. The molecule has 0 aliphatic rings. The van der Waals surface area contributed by atoms with Crippen LogP contribution in [0.25, 0.3) is 0 Å². The molecular weight excluding hydrogens is 226 g/mol. The fraction of sp³-hybridized carbons (Fsp3) is 0.700. The summed E-state index contributed by atoms with van der Waals surface area (Å²) in [6.07, 6.45) is 0. The molecule has 0 saturated heterocycles. The minimum Gasteiger partial charge on any atom is -0.459 e. The van der Waals surface area contributed by atoms with Crippen LogP contribution in [0.1, 0.15) is 27.7 Å². The first-order valence-electron chi connectivity index (χ1n) is 5.22. The Balaban J connectivity index is 4.17. The number of carbonyl (C=O) groups excluding carboxylic acids is 3. The van der Waals surface area contributed by atoms with E-state index in [-0.39, 0.29) is 6.61 Å². The topological polar surface area (TPSA) is 111 Å². The number of esters is 1. The van der Waals surface area contributed by atoms with Crippen molar-refractivity contribution in [3.8, 4) is 0 Å². The van der Waals surface area contributed by atoms with Crippen molar-refractivity contribution in [1.29, 1.82) is 0 Å². The number of ether oxygens (including phenoxy) is 1. The minimum atomic E-state index is -1.06. The summed E-state index contributed by atoms with van der Waals surface area (Å²) in [5.41, 5.74) is 9.18. The lowest BCUT2D eigenvalue weighted by Gasteiger charge is -2.25. The molecule has 2 amide bonds. The number of nitrogens with one attached hydrogen (secondary N) is 2. The standard InChI is InChI=1S/C10H19N3O4/c1-5-17-9(16)8(15)13-12-7(14)6(11)10(2,3)4/h6H,5,11H2,1-4H3,(H,12,14)(H,13,15). The highest BCUT2D eigenvalue weighted by molar-refractivity contribution is 6.32. The lowest BCUT2D eigenvalue weighted by atomic mass is 9.87. The molecule has 0 heterocycles. The van der Waals surface area contributed by atoms with Gasteiger partial charge in [-0.3, -0.25) is 20.4 Å². The van der Waals surface area contributed by atoms with Crippen LogP contribution < -0.4 is 16.6 Å². The van der Waals surface area contributed by atoms with Crippen molar-refractivity contribution in [3.63, 3.8) is 0 Å². The number of hydrogen-bond donors (Lipinski definition) is 3. The third-order valence-corrected chi connectivity index (χ3v) is 1.98. The van der Waals surface area contributed by atoms with E-state index < -0.39 is 29.2 Å². The van der Waals surface area contributed by atoms with Gasteiger partial charge in [-0.15, -0.1) is 0 Å². The zero-order chi connectivity index (χ0) is 13.6. The fourth-order valence-corrected chi connectivity index (χ4v) is 0.837. The van der Waals surface area contributed by atoms with Crippen LogP contribution in [0.2, 0.25) is 0 Å². The van der Waals surface area contributed by atoms with Crippen LogP contribution in [-0.4, -0.2) is 30.4 Å². The molecule has 0 bridgehead atoms. The molecule has 1 unspecified atom stereocenters. The van der Waals surface area contributed by atoms with Crippen LogP contribution in [0, 0.1) is 5.41 Å². The monoisotopic (exact) mass is 245 g/mol. The largest absolute Gasteiger partial charge is 0.459 e. The van der Waals surface area contributed by atoms with E-state index in [1.54, 1.807) is 27.7 Å². The van der Waals surface area contributed by atoms with E-state index in [1.165, 1.54) is 0 Å². The molecule has 7 nitrogen and oxygen atoms in total. The van der Waals surface area contributed by atoms with Crippen molar-refractivity contribution in [1.82, 2.24) is 10.9 Å². The van der Waals surface area contributed by atoms with Gasteiger partial charge in [0.1, 0.15) is 0 Å². The predicted molar refractivity (Wildman–Crippen MR) is 60.3 cm³/mol. The molecule has 17 heavy (non-hydrogen) atoms. The molecule has 0 saturated carbocycles. The Morgan fingerprint density at radius 1 is 1.24 bits per heavy atom. The van der Waals surface area contributed by atoms with E-state index in [0.717, 1.165) is 0 Å². The quantitative estimate of drug-likeness (QED) is 0.331. The molecule has 0 aliphatic carbocycles. The second-order valence-corrected chi connectivity index (χ2v) is 4.51. The highest BCUT2D eigenvalue weighted by Crippen LogP contribution is 2.16. The van der Waals surface area contributed by atoms with Crippen LogP contribution >= 0.6 is 0 Å². The molecular formula is C10H19N3O4. The lowest BCUT2D eigenvalue weighted by Crippen LogP contribution is -2.55. The van der Waals surface area contributed by atoms with Gasteiger partial charge in [-0.25, -0.2) is 4.79 Å². The average molecular weight is 245 g/mol. The molecule has 0 rings (SSSR count). The molecule has 0 fully saturated rings. The van der Waals surface area contributed by atoms with Crippen LogP contribution in [0.3, 0.4) is 0 Å². The van der Waals surface area contributed by atoms with Crippen molar-refractivity contribution in [2.75, 3.05) is 6.61 Å². The third-order valence-electron chi connectivity index (χ3n) is 1.98. The Kier molecular flexibility index (Phi) is 5.60. The highest BCUT2D eigenvalue weighted by Gasteiger charge is 2.28. The summed E-state index contributed by atoms with van der Waals surface area (Å²) in [5.74, 6) is -2.67.